The fraction of sp³-hybridized carbons (Fsp3) is 0.333. The predicted molar refractivity (Wildman–Crippen MR) is 95.0 cm³/mol. The fourth-order valence-corrected chi connectivity index (χ4v) is 3.76. The van der Waals surface area contributed by atoms with E-state index in [-0.39, 0.29) is 11.9 Å². The summed E-state index contributed by atoms with van der Waals surface area (Å²) in [4.78, 5) is 26.7. The van der Waals surface area contributed by atoms with Crippen LogP contribution < -0.4 is 11.1 Å². The Morgan fingerprint density at radius 1 is 1.25 bits per heavy atom. The van der Waals surface area contributed by atoms with E-state index in [0.29, 0.717) is 18.7 Å². The minimum absolute atomic E-state index is 0.0919. The van der Waals surface area contributed by atoms with Crippen LogP contribution in [-0.4, -0.2) is 35.8 Å². The first kappa shape index (κ1) is 16.7. The molecule has 0 spiro atoms. The van der Waals surface area contributed by atoms with Crippen molar-refractivity contribution < 1.29 is 9.59 Å². The molecule has 6 heteroatoms. The van der Waals surface area contributed by atoms with E-state index in [1.54, 1.807) is 5.38 Å². The number of piperidine rings is 1. The lowest BCUT2D eigenvalue weighted by Crippen LogP contribution is -2.47. The highest BCUT2D eigenvalue weighted by atomic mass is 32.1. The number of hydrogen-bond acceptors (Lipinski definition) is 4. The van der Waals surface area contributed by atoms with E-state index < -0.39 is 5.91 Å². The number of thiophene rings is 1. The van der Waals surface area contributed by atoms with Crippen molar-refractivity contribution in [1.82, 2.24) is 10.2 Å². The second kappa shape index (κ2) is 7.59. The summed E-state index contributed by atoms with van der Waals surface area (Å²) in [5, 5.41) is 5.27. The van der Waals surface area contributed by atoms with E-state index in [9.17, 15) is 9.59 Å². The third kappa shape index (κ3) is 4.01. The van der Waals surface area contributed by atoms with Crippen molar-refractivity contribution in [2.45, 2.75) is 25.4 Å². The Balaban J connectivity index is 1.55. The first-order valence-corrected chi connectivity index (χ1v) is 8.96. The maximum Gasteiger partial charge on any atom is 0.253 e. The fourth-order valence-electron chi connectivity index (χ4n) is 2.94. The zero-order valence-electron chi connectivity index (χ0n) is 13.4. The van der Waals surface area contributed by atoms with Gasteiger partial charge in [0.2, 0.25) is 5.91 Å². The van der Waals surface area contributed by atoms with Crippen LogP contribution in [0, 0.1) is 0 Å². The van der Waals surface area contributed by atoms with Crippen molar-refractivity contribution in [3.05, 3.63) is 57.8 Å². The van der Waals surface area contributed by atoms with Gasteiger partial charge in [0.05, 0.1) is 5.56 Å². The number of rotatable bonds is 5. The Labute approximate surface area is 145 Å². The summed E-state index contributed by atoms with van der Waals surface area (Å²) in [6, 6.07) is 11.5. The summed E-state index contributed by atoms with van der Waals surface area (Å²) in [6.07, 6.45) is 2.04. The van der Waals surface area contributed by atoms with Crippen molar-refractivity contribution in [3.8, 4) is 0 Å². The number of nitrogens with zero attached hydrogens (tertiary/aromatic N) is 1. The van der Waals surface area contributed by atoms with Crippen LogP contribution in [0.5, 0.6) is 0 Å². The van der Waals surface area contributed by atoms with Crippen LogP contribution in [-0.2, 0) is 6.54 Å². The first-order valence-electron chi connectivity index (χ1n) is 8.08. The smallest absolute Gasteiger partial charge is 0.253 e. The number of benzene rings is 1. The summed E-state index contributed by atoms with van der Waals surface area (Å²) in [5.41, 5.74) is 6.57. The lowest BCUT2D eigenvalue weighted by atomic mass is 10.0. The molecule has 0 bridgehead atoms. The highest BCUT2D eigenvalue weighted by Crippen LogP contribution is 2.17. The topological polar surface area (TPSA) is 75.4 Å². The largest absolute Gasteiger partial charge is 0.366 e. The molecule has 1 fully saturated rings. The van der Waals surface area contributed by atoms with Crippen LogP contribution >= 0.6 is 11.3 Å². The van der Waals surface area contributed by atoms with Crippen LogP contribution in [0.15, 0.2) is 41.8 Å². The lowest BCUT2D eigenvalue weighted by molar-refractivity contribution is 0.0694. The van der Waals surface area contributed by atoms with Crippen molar-refractivity contribution in [3.63, 3.8) is 0 Å². The standard InChI is InChI=1S/C18H21N3O2S/c19-17(22)14-9-16(24-12-14)10-20-15-7-4-8-21(11-15)18(23)13-5-2-1-3-6-13/h1-3,5-6,9,12,15,20H,4,7-8,10-11H2,(H2,19,22)/t15-/m0/s1. The van der Waals surface area contributed by atoms with Gasteiger partial charge in [-0.15, -0.1) is 11.3 Å². The molecule has 5 nitrogen and oxygen atoms in total. The second-order valence-electron chi connectivity index (χ2n) is 6.00. The second-order valence-corrected chi connectivity index (χ2v) is 7.00. The molecule has 1 aliphatic heterocycles. The molecule has 0 radical (unpaired) electrons. The van der Waals surface area contributed by atoms with Gasteiger partial charge in [-0.25, -0.2) is 0 Å². The average Bonchev–Trinajstić information content (AvgIpc) is 3.10. The Kier molecular flexibility index (Phi) is 5.27. The molecule has 1 atom stereocenters. The quantitative estimate of drug-likeness (QED) is 0.874. The summed E-state index contributed by atoms with van der Waals surface area (Å²) < 4.78 is 0. The van der Waals surface area contributed by atoms with E-state index >= 15 is 0 Å². The number of carbonyl (C=O) groups excluding carboxylic acids is 2. The zero-order valence-corrected chi connectivity index (χ0v) is 14.2. The van der Waals surface area contributed by atoms with Gasteiger partial charge in [-0.2, -0.15) is 0 Å². The van der Waals surface area contributed by atoms with E-state index in [1.165, 1.54) is 11.3 Å². The van der Waals surface area contributed by atoms with E-state index in [2.05, 4.69) is 5.32 Å². The SMILES string of the molecule is NC(=O)c1csc(CN[C@H]2CCCN(C(=O)c3ccccc3)C2)c1. The minimum Gasteiger partial charge on any atom is -0.366 e. The Bertz CT molecular complexity index is 714. The Hall–Kier alpha value is -2.18. The van der Waals surface area contributed by atoms with E-state index in [0.717, 1.165) is 29.8 Å². The third-order valence-corrected chi connectivity index (χ3v) is 5.17. The number of carbonyl (C=O) groups is 2. The number of amides is 2. The molecule has 3 rings (SSSR count). The van der Waals surface area contributed by atoms with Gasteiger partial charge >= 0.3 is 0 Å². The summed E-state index contributed by atoms with van der Waals surface area (Å²) in [6.45, 7) is 2.20. The molecular formula is C18H21N3O2S. The molecule has 0 unspecified atom stereocenters. The van der Waals surface area contributed by atoms with E-state index in [4.69, 9.17) is 5.73 Å². The van der Waals surface area contributed by atoms with Gasteiger partial charge in [0.1, 0.15) is 0 Å². The normalized spacial score (nSPS) is 17.7. The molecule has 2 heterocycles. The Morgan fingerprint density at radius 3 is 2.75 bits per heavy atom. The third-order valence-electron chi connectivity index (χ3n) is 4.23. The van der Waals surface area contributed by atoms with Crippen LogP contribution in [0.25, 0.3) is 0 Å². The van der Waals surface area contributed by atoms with Crippen molar-refractivity contribution in [1.29, 1.82) is 0 Å². The van der Waals surface area contributed by atoms with Crippen LogP contribution in [0.4, 0.5) is 0 Å². The van der Waals surface area contributed by atoms with Crippen LogP contribution in [0.1, 0.15) is 38.4 Å². The summed E-state index contributed by atoms with van der Waals surface area (Å²) in [5.74, 6) is -0.302. The molecule has 24 heavy (non-hydrogen) atoms. The van der Waals surface area contributed by atoms with Gasteiger partial charge in [0.15, 0.2) is 0 Å². The van der Waals surface area contributed by atoms with Crippen LogP contribution in [0.3, 0.4) is 0 Å². The molecule has 0 saturated carbocycles. The van der Waals surface area contributed by atoms with E-state index in [1.807, 2.05) is 41.3 Å². The highest BCUT2D eigenvalue weighted by molar-refractivity contribution is 7.10. The van der Waals surface area contributed by atoms with Gasteiger partial charge in [0, 0.05) is 41.5 Å². The summed E-state index contributed by atoms with van der Waals surface area (Å²) >= 11 is 1.53. The molecule has 0 aliphatic carbocycles. The molecule has 1 aliphatic rings. The zero-order chi connectivity index (χ0) is 16.9. The molecule has 3 N–H and O–H groups in total. The Morgan fingerprint density at radius 2 is 2.04 bits per heavy atom. The van der Waals surface area contributed by atoms with Crippen molar-refractivity contribution in [2.24, 2.45) is 5.73 Å². The lowest BCUT2D eigenvalue weighted by Gasteiger charge is -2.33. The number of likely N-dealkylation sites (tertiary alicyclic amines) is 1. The maximum atomic E-state index is 12.5. The predicted octanol–water partition coefficient (Wildman–Crippen LogP) is 2.24. The van der Waals surface area contributed by atoms with Crippen molar-refractivity contribution >= 4 is 23.2 Å². The van der Waals surface area contributed by atoms with Gasteiger partial charge in [-0.3, -0.25) is 9.59 Å². The number of nitrogens with one attached hydrogen (secondary N) is 1. The monoisotopic (exact) mass is 343 g/mol. The summed E-state index contributed by atoms with van der Waals surface area (Å²) in [7, 11) is 0. The van der Waals surface area contributed by atoms with Gasteiger partial charge in [0.25, 0.3) is 5.91 Å². The molecule has 1 aromatic carbocycles. The average molecular weight is 343 g/mol. The highest BCUT2D eigenvalue weighted by Gasteiger charge is 2.24. The number of nitrogens with two attached hydrogens (primary N) is 1. The first-order chi connectivity index (χ1) is 11.6. The van der Waals surface area contributed by atoms with Crippen LogP contribution in [0.2, 0.25) is 0 Å². The number of hydrogen-bond donors (Lipinski definition) is 2. The molecule has 1 saturated heterocycles. The molecule has 1 aromatic heterocycles. The molecule has 2 amide bonds. The molecule has 2 aromatic rings. The molecule has 126 valence electrons. The van der Waals surface area contributed by atoms with Gasteiger partial charge < -0.3 is 16.0 Å². The number of primary amides is 1. The minimum atomic E-state index is -0.394. The van der Waals surface area contributed by atoms with Gasteiger partial charge in [-0.05, 0) is 31.0 Å². The van der Waals surface area contributed by atoms with Gasteiger partial charge in [-0.1, -0.05) is 18.2 Å². The van der Waals surface area contributed by atoms with Crippen molar-refractivity contribution in [2.75, 3.05) is 13.1 Å². The molecular weight excluding hydrogens is 322 g/mol. The maximum absolute atomic E-state index is 12.5.